The fourth-order valence-electron chi connectivity index (χ4n) is 0.739. The summed E-state index contributed by atoms with van der Waals surface area (Å²) in [5.41, 5.74) is 0. The fourth-order valence-corrected chi connectivity index (χ4v) is 1.81. The summed E-state index contributed by atoms with van der Waals surface area (Å²) in [6.45, 7) is 2.30. The number of hydrogen-bond acceptors (Lipinski definition) is 1. The largest absolute Gasteiger partial charge is 1.00 e. The molecule has 1 heterocycles. The third-order valence-electron chi connectivity index (χ3n) is 1.16. The van der Waals surface area contributed by atoms with Crippen LogP contribution in [0.25, 0.3) is 0 Å². The molecule has 2 heteroatoms. The van der Waals surface area contributed by atoms with Gasteiger partial charge in [0, 0.05) is 5.25 Å². The first-order valence-electron chi connectivity index (χ1n) is 2.51. The van der Waals surface area contributed by atoms with Gasteiger partial charge in [-0.25, -0.2) is 0 Å². The van der Waals surface area contributed by atoms with Gasteiger partial charge in [-0.05, 0) is 18.6 Å². The molecule has 0 aromatic rings. The van der Waals surface area contributed by atoms with Crippen LogP contribution in [0.2, 0.25) is 0 Å². The standard InChI is InChI=1S/C5H10S.Hg/c1-5-3-2-4-6-5;/h5H,2-4H2,1H3;/q;+1. The van der Waals surface area contributed by atoms with Gasteiger partial charge in [0.1, 0.15) is 0 Å². The van der Waals surface area contributed by atoms with Crippen molar-refractivity contribution in [3.05, 3.63) is 0 Å². The van der Waals surface area contributed by atoms with Crippen LogP contribution in [0.5, 0.6) is 0 Å². The van der Waals surface area contributed by atoms with Gasteiger partial charge in [-0.2, -0.15) is 11.8 Å². The molecule has 0 aromatic heterocycles. The van der Waals surface area contributed by atoms with Gasteiger partial charge >= 0.3 is 27.7 Å². The summed E-state index contributed by atoms with van der Waals surface area (Å²) in [6, 6.07) is 0. The minimum atomic E-state index is 0. The van der Waals surface area contributed by atoms with Crippen molar-refractivity contribution in [3.63, 3.8) is 0 Å². The summed E-state index contributed by atoms with van der Waals surface area (Å²) in [7, 11) is 0. The maximum Gasteiger partial charge on any atom is 1.00 e. The second-order valence-corrected chi connectivity index (χ2v) is 3.37. The average molecular weight is 303 g/mol. The van der Waals surface area contributed by atoms with E-state index in [0.29, 0.717) is 0 Å². The van der Waals surface area contributed by atoms with Crippen LogP contribution in [0.4, 0.5) is 0 Å². The first kappa shape index (κ1) is 8.29. The van der Waals surface area contributed by atoms with E-state index in [9.17, 15) is 0 Å². The van der Waals surface area contributed by atoms with Gasteiger partial charge in [0.15, 0.2) is 0 Å². The van der Waals surface area contributed by atoms with Crippen molar-refractivity contribution >= 4 is 11.8 Å². The molecule has 1 radical (unpaired) electrons. The van der Waals surface area contributed by atoms with Crippen molar-refractivity contribution in [2.45, 2.75) is 25.0 Å². The van der Waals surface area contributed by atoms with Gasteiger partial charge in [-0.3, -0.25) is 0 Å². The van der Waals surface area contributed by atoms with Crippen LogP contribution < -0.4 is 0 Å². The van der Waals surface area contributed by atoms with Gasteiger partial charge in [-0.15, -0.1) is 0 Å². The van der Waals surface area contributed by atoms with Gasteiger partial charge in [0.2, 0.25) is 0 Å². The van der Waals surface area contributed by atoms with E-state index in [4.69, 9.17) is 0 Å². The Balaban J connectivity index is 0.000000360. The molecule has 0 aliphatic carbocycles. The molecule has 1 saturated heterocycles. The molecule has 0 spiro atoms. The Morgan fingerprint density at radius 1 is 1.57 bits per heavy atom. The zero-order valence-electron chi connectivity index (χ0n) is 4.81. The van der Waals surface area contributed by atoms with Crippen molar-refractivity contribution in [3.8, 4) is 0 Å². The second kappa shape index (κ2) is 4.19. The molecule has 0 saturated carbocycles. The van der Waals surface area contributed by atoms with E-state index >= 15 is 0 Å². The molecule has 7 heavy (non-hydrogen) atoms. The number of thioether (sulfide) groups is 1. The maximum atomic E-state index is 2.30. The first-order chi connectivity index (χ1) is 2.89. The Morgan fingerprint density at radius 2 is 2.29 bits per heavy atom. The SMILES string of the molecule is CC1CCCS1.[Hg+]. The molecule has 0 aromatic carbocycles. The third-order valence-corrected chi connectivity index (χ3v) is 2.49. The monoisotopic (exact) mass is 304 g/mol. The summed E-state index contributed by atoms with van der Waals surface area (Å²) in [6.07, 6.45) is 2.90. The van der Waals surface area contributed by atoms with Crippen molar-refractivity contribution in [2.24, 2.45) is 0 Å². The first-order valence-corrected chi connectivity index (χ1v) is 3.56. The Labute approximate surface area is 69.9 Å². The quantitative estimate of drug-likeness (QED) is 0.616. The van der Waals surface area contributed by atoms with E-state index < -0.39 is 0 Å². The zero-order chi connectivity index (χ0) is 4.41. The Hall–Kier alpha value is 1.29. The summed E-state index contributed by atoms with van der Waals surface area (Å²) in [5, 5.41) is 0.963. The topological polar surface area (TPSA) is 0 Å². The molecule has 0 nitrogen and oxygen atoms in total. The van der Waals surface area contributed by atoms with Crippen molar-refractivity contribution in [1.29, 1.82) is 0 Å². The second-order valence-electron chi connectivity index (χ2n) is 1.82. The molecule has 0 bridgehead atoms. The Kier molecular flexibility index (Phi) is 4.96. The van der Waals surface area contributed by atoms with E-state index in [0.717, 1.165) is 5.25 Å². The molecule has 0 amide bonds. The van der Waals surface area contributed by atoms with E-state index in [2.05, 4.69) is 18.7 Å². The smallest absolute Gasteiger partial charge is 0.159 e. The normalized spacial score (nSPS) is 29.6. The minimum Gasteiger partial charge on any atom is -0.159 e. The van der Waals surface area contributed by atoms with Crippen molar-refractivity contribution in [1.82, 2.24) is 0 Å². The summed E-state index contributed by atoms with van der Waals surface area (Å²) >= 11 is 2.10. The van der Waals surface area contributed by atoms with Gasteiger partial charge in [-0.1, -0.05) is 6.92 Å². The molecular weight excluding hydrogens is 293 g/mol. The molecule has 37 valence electrons. The number of hydrogen-bond donors (Lipinski definition) is 0. The Bertz CT molecular complexity index is 41.3. The van der Waals surface area contributed by atoms with E-state index in [-0.39, 0.29) is 27.7 Å². The summed E-state index contributed by atoms with van der Waals surface area (Å²) in [5.74, 6) is 1.40. The average Bonchev–Trinajstić information content (AvgIpc) is 1.86. The van der Waals surface area contributed by atoms with Crippen LogP contribution in [0.3, 0.4) is 0 Å². The predicted octanol–water partition coefficient (Wildman–Crippen LogP) is 1.90. The predicted molar refractivity (Wildman–Crippen MR) is 31.2 cm³/mol. The van der Waals surface area contributed by atoms with E-state index in [1.54, 1.807) is 0 Å². The van der Waals surface area contributed by atoms with Crippen LogP contribution in [0.1, 0.15) is 19.8 Å². The van der Waals surface area contributed by atoms with Crippen LogP contribution >= 0.6 is 11.8 Å². The van der Waals surface area contributed by atoms with Gasteiger partial charge in [0.05, 0.1) is 0 Å². The third kappa shape index (κ3) is 2.96. The molecule has 1 rings (SSSR count). The van der Waals surface area contributed by atoms with Crippen LogP contribution in [-0.4, -0.2) is 11.0 Å². The molecule has 1 aliphatic rings. The number of rotatable bonds is 0. The molecule has 1 atom stereocenters. The van der Waals surface area contributed by atoms with Crippen LogP contribution in [0, 0.1) is 0 Å². The van der Waals surface area contributed by atoms with Crippen LogP contribution in [-0.2, 0) is 27.7 Å². The fraction of sp³-hybridized carbons (Fsp3) is 1.00. The van der Waals surface area contributed by atoms with Gasteiger partial charge in [0.25, 0.3) is 0 Å². The Morgan fingerprint density at radius 3 is 2.43 bits per heavy atom. The van der Waals surface area contributed by atoms with E-state index in [1.807, 2.05) is 0 Å². The molecular formula is C5H10HgS+. The van der Waals surface area contributed by atoms with Crippen molar-refractivity contribution < 1.29 is 27.7 Å². The van der Waals surface area contributed by atoms with Crippen LogP contribution in [0.15, 0.2) is 0 Å². The molecule has 1 aliphatic heterocycles. The van der Waals surface area contributed by atoms with E-state index in [1.165, 1.54) is 18.6 Å². The summed E-state index contributed by atoms with van der Waals surface area (Å²) < 4.78 is 0. The minimum absolute atomic E-state index is 0. The van der Waals surface area contributed by atoms with Crippen molar-refractivity contribution in [2.75, 3.05) is 5.75 Å². The molecule has 0 N–H and O–H groups in total. The molecule has 1 unspecified atom stereocenters. The zero-order valence-corrected chi connectivity index (χ0v) is 11.1. The maximum absolute atomic E-state index is 2.30. The summed E-state index contributed by atoms with van der Waals surface area (Å²) in [4.78, 5) is 0. The van der Waals surface area contributed by atoms with Gasteiger partial charge < -0.3 is 0 Å². The molecule has 1 fully saturated rings.